The highest BCUT2D eigenvalue weighted by molar-refractivity contribution is 5.48. The molecule has 4 aliphatic rings. The first-order valence-electron chi connectivity index (χ1n) is 10.4. The zero-order valence-electron chi connectivity index (χ0n) is 15.2. The van der Waals surface area contributed by atoms with E-state index in [-0.39, 0.29) is 0 Å². The van der Waals surface area contributed by atoms with Crippen LogP contribution in [0, 0.1) is 23.2 Å². The monoisotopic (exact) mass is 338 g/mol. The minimum Gasteiger partial charge on any atom is -0.477 e. The van der Waals surface area contributed by atoms with Gasteiger partial charge in [0, 0.05) is 12.3 Å². The second kappa shape index (κ2) is 6.34. The lowest BCUT2D eigenvalue weighted by Crippen LogP contribution is -2.45. The van der Waals surface area contributed by atoms with Crippen molar-refractivity contribution in [2.24, 2.45) is 23.2 Å². The van der Waals surface area contributed by atoms with Crippen molar-refractivity contribution in [1.82, 2.24) is 9.61 Å². The van der Waals surface area contributed by atoms with E-state index >= 15 is 0 Å². The predicted molar refractivity (Wildman–Crippen MR) is 99.8 cm³/mol. The molecule has 2 aromatic heterocycles. The normalized spacial score (nSPS) is 33.2. The van der Waals surface area contributed by atoms with E-state index in [1.807, 2.05) is 28.9 Å². The number of rotatable bonds is 7. The Bertz CT molecular complexity index is 666. The van der Waals surface area contributed by atoms with Gasteiger partial charge in [0.05, 0.1) is 12.1 Å². The maximum absolute atomic E-state index is 5.85. The largest absolute Gasteiger partial charge is 0.477 e. The summed E-state index contributed by atoms with van der Waals surface area (Å²) in [5.74, 6) is 4.02. The first kappa shape index (κ1) is 15.7. The molecule has 3 nitrogen and oxygen atoms in total. The maximum atomic E-state index is 5.85. The minimum absolute atomic E-state index is 0.747. The molecule has 4 bridgehead atoms. The standard InChI is InChI=1S/C22H30N2O/c1(5-9-25-21-13-20-6-2-4-8-24(20)23-21)3-7-22-14-17-10-18(15-22)12-19(11-17)16-22/h2,4,6,8,13,17-19H,1,3,5,7,9-12,14-16H2. The van der Waals surface area contributed by atoms with Crippen LogP contribution in [-0.4, -0.2) is 16.2 Å². The van der Waals surface area contributed by atoms with Crippen molar-refractivity contribution in [2.45, 2.75) is 64.2 Å². The summed E-state index contributed by atoms with van der Waals surface area (Å²) in [7, 11) is 0. The van der Waals surface area contributed by atoms with Crippen LogP contribution in [0.15, 0.2) is 30.5 Å². The van der Waals surface area contributed by atoms with E-state index in [4.69, 9.17) is 4.74 Å². The molecule has 0 aromatic carbocycles. The molecule has 0 amide bonds. The van der Waals surface area contributed by atoms with Crippen molar-refractivity contribution in [1.29, 1.82) is 0 Å². The maximum Gasteiger partial charge on any atom is 0.233 e. The summed E-state index contributed by atoms with van der Waals surface area (Å²) in [6, 6.07) is 8.11. The molecule has 0 N–H and O–H groups in total. The zero-order chi connectivity index (χ0) is 16.7. The summed E-state index contributed by atoms with van der Waals surface area (Å²) in [6.45, 7) is 0.796. The van der Waals surface area contributed by atoms with Crippen LogP contribution in [0.3, 0.4) is 0 Å². The lowest BCUT2D eigenvalue weighted by atomic mass is 9.48. The number of ether oxygens (including phenoxy) is 1. The third kappa shape index (κ3) is 3.18. The Balaban J connectivity index is 1.06. The van der Waals surface area contributed by atoms with Crippen molar-refractivity contribution in [2.75, 3.05) is 6.61 Å². The molecule has 0 spiro atoms. The molecule has 25 heavy (non-hydrogen) atoms. The molecule has 0 unspecified atom stereocenters. The Morgan fingerprint density at radius 3 is 2.48 bits per heavy atom. The van der Waals surface area contributed by atoms with E-state index in [1.165, 1.54) is 19.3 Å². The van der Waals surface area contributed by atoms with Gasteiger partial charge in [-0.15, -0.1) is 5.10 Å². The van der Waals surface area contributed by atoms with Gasteiger partial charge in [0.15, 0.2) is 0 Å². The quantitative estimate of drug-likeness (QED) is 0.624. The van der Waals surface area contributed by atoms with Crippen molar-refractivity contribution in [3.63, 3.8) is 0 Å². The Labute approximate surface area is 150 Å². The Morgan fingerprint density at radius 2 is 1.76 bits per heavy atom. The zero-order valence-corrected chi connectivity index (χ0v) is 15.2. The molecule has 0 saturated heterocycles. The Kier molecular flexibility index (Phi) is 3.98. The van der Waals surface area contributed by atoms with Gasteiger partial charge in [0.1, 0.15) is 0 Å². The lowest BCUT2D eigenvalue weighted by Gasteiger charge is -2.57. The van der Waals surface area contributed by atoms with Crippen LogP contribution in [0.5, 0.6) is 5.88 Å². The van der Waals surface area contributed by atoms with Crippen LogP contribution in [0.25, 0.3) is 5.52 Å². The number of pyridine rings is 1. The first-order valence-corrected chi connectivity index (χ1v) is 10.4. The molecule has 0 radical (unpaired) electrons. The van der Waals surface area contributed by atoms with Crippen LogP contribution in [0.4, 0.5) is 0 Å². The van der Waals surface area contributed by atoms with Gasteiger partial charge in [-0.25, -0.2) is 4.52 Å². The molecule has 0 atom stereocenters. The van der Waals surface area contributed by atoms with Crippen LogP contribution in [0.2, 0.25) is 0 Å². The highest BCUT2D eigenvalue weighted by Gasteiger charge is 2.50. The molecule has 6 rings (SSSR count). The first-order chi connectivity index (χ1) is 12.3. The van der Waals surface area contributed by atoms with Gasteiger partial charge >= 0.3 is 0 Å². The van der Waals surface area contributed by atoms with Crippen molar-refractivity contribution < 1.29 is 4.74 Å². The van der Waals surface area contributed by atoms with Gasteiger partial charge in [-0.3, -0.25) is 0 Å². The highest BCUT2D eigenvalue weighted by Crippen LogP contribution is 2.61. The van der Waals surface area contributed by atoms with Crippen molar-refractivity contribution >= 4 is 5.52 Å². The average molecular weight is 338 g/mol. The summed E-state index contributed by atoms with van der Waals surface area (Å²) >= 11 is 0. The second-order valence-corrected chi connectivity index (χ2v) is 9.13. The number of nitrogens with zero attached hydrogens (tertiary/aromatic N) is 2. The molecule has 3 heteroatoms. The minimum atomic E-state index is 0.747. The van der Waals surface area contributed by atoms with Crippen molar-refractivity contribution in [3.8, 4) is 5.88 Å². The third-order valence-corrected chi connectivity index (χ3v) is 7.11. The van der Waals surface area contributed by atoms with E-state index in [9.17, 15) is 0 Å². The number of fused-ring (bicyclic) bond motifs is 1. The molecule has 4 aliphatic carbocycles. The van der Waals surface area contributed by atoms with Crippen LogP contribution in [0.1, 0.15) is 64.2 Å². The van der Waals surface area contributed by atoms with Gasteiger partial charge in [-0.05, 0) is 86.7 Å². The molecular formula is C22H30N2O. The predicted octanol–water partition coefficient (Wildman–Crippen LogP) is 5.49. The van der Waals surface area contributed by atoms with Gasteiger partial charge < -0.3 is 4.74 Å². The average Bonchev–Trinajstić information content (AvgIpc) is 2.99. The van der Waals surface area contributed by atoms with E-state index in [0.717, 1.165) is 47.6 Å². The van der Waals surface area contributed by atoms with Crippen molar-refractivity contribution in [3.05, 3.63) is 30.5 Å². The summed E-state index contributed by atoms with van der Waals surface area (Å²) in [5.41, 5.74) is 1.84. The van der Waals surface area contributed by atoms with E-state index in [0.29, 0.717) is 0 Å². The van der Waals surface area contributed by atoms with E-state index in [2.05, 4.69) is 11.2 Å². The molecular weight excluding hydrogens is 308 g/mol. The summed E-state index contributed by atoms with van der Waals surface area (Å²) in [5, 5.41) is 4.45. The second-order valence-electron chi connectivity index (χ2n) is 9.13. The fourth-order valence-corrected chi connectivity index (χ4v) is 6.54. The smallest absolute Gasteiger partial charge is 0.233 e. The van der Waals surface area contributed by atoms with Gasteiger partial charge in [0.25, 0.3) is 0 Å². The number of unbranched alkanes of at least 4 members (excludes halogenated alkanes) is 2. The summed E-state index contributed by atoms with van der Waals surface area (Å²) in [6.07, 6.45) is 16.6. The fourth-order valence-electron chi connectivity index (χ4n) is 6.54. The van der Waals surface area contributed by atoms with Gasteiger partial charge in [0.2, 0.25) is 5.88 Å². The lowest BCUT2D eigenvalue weighted by molar-refractivity contribution is -0.0584. The third-order valence-electron chi connectivity index (χ3n) is 7.11. The molecule has 2 aromatic rings. The van der Waals surface area contributed by atoms with Crippen LogP contribution >= 0.6 is 0 Å². The molecule has 2 heterocycles. The number of hydrogen-bond acceptors (Lipinski definition) is 2. The van der Waals surface area contributed by atoms with Crippen LogP contribution in [-0.2, 0) is 0 Å². The highest BCUT2D eigenvalue weighted by atomic mass is 16.5. The van der Waals surface area contributed by atoms with E-state index < -0.39 is 0 Å². The number of hydrogen-bond donors (Lipinski definition) is 0. The van der Waals surface area contributed by atoms with Gasteiger partial charge in [-0.1, -0.05) is 18.9 Å². The molecule has 4 saturated carbocycles. The summed E-state index contributed by atoms with van der Waals surface area (Å²) < 4.78 is 7.73. The Morgan fingerprint density at radius 1 is 1.00 bits per heavy atom. The Hall–Kier alpha value is -1.51. The molecule has 4 fully saturated rings. The van der Waals surface area contributed by atoms with Crippen LogP contribution < -0.4 is 4.74 Å². The number of aromatic nitrogens is 2. The van der Waals surface area contributed by atoms with E-state index in [1.54, 1.807) is 38.5 Å². The topological polar surface area (TPSA) is 26.5 Å². The molecule has 0 aliphatic heterocycles. The SMILES string of the molecule is c1ccn2nc(OCCCCCC34CC5CC(CC(C5)C3)C4)cc2c1. The molecule has 134 valence electrons. The summed E-state index contributed by atoms with van der Waals surface area (Å²) in [4.78, 5) is 0. The van der Waals surface area contributed by atoms with Gasteiger partial charge in [-0.2, -0.15) is 0 Å². The fraction of sp³-hybridized carbons (Fsp3) is 0.682.